The number of anilines is 1. The maximum Gasteiger partial charge on any atom is 0.223 e. The minimum absolute atomic E-state index is 0.0352. The van der Waals surface area contributed by atoms with Crippen LogP contribution in [0.3, 0.4) is 0 Å². The Balaban J connectivity index is 1.77. The Morgan fingerprint density at radius 1 is 1.26 bits per heavy atom. The van der Waals surface area contributed by atoms with Crippen molar-refractivity contribution in [2.24, 2.45) is 0 Å². The van der Waals surface area contributed by atoms with Crippen LogP contribution < -0.4 is 4.90 Å². The molecule has 0 unspecified atom stereocenters. The van der Waals surface area contributed by atoms with Gasteiger partial charge in [0.05, 0.1) is 5.25 Å². The minimum atomic E-state index is -0.263. The molecule has 2 heterocycles. The molecule has 0 bridgehead atoms. The molecule has 0 aliphatic carbocycles. The quantitative estimate of drug-likeness (QED) is 0.491. The van der Waals surface area contributed by atoms with E-state index < -0.39 is 0 Å². The third-order valence-electron chi connectivity index (χ3n) is 3.83. The molecule has 0 saturated carbocycles. The molecule has 1 aromatic heterocycles. The number of carbonyl (C=O) groups is 2. The van der Waals surface area contributed by atoms with Crippen molar-refractivity contribution in [3.05, 3.63) is 47.8 Å². The lowest BCUT2D eigenvalue weighted by Gasteiger charge is -2.15. The molecule has 0 radical (unpaired) electrons. The van der Waals surface area contributed by atoms with Crippen molar-refractivity contribution < 1.29 is 9.59 Å². The number of hydrogen-bond donors (Lipinski definition) is 0. The fraction of sp³-hybridized carbons (Fsp3) is 0.294. The number of benzene rings is 1. The van der Waals surface area contributed by atoms with Crippen LogP contribution in [0.4, 0.5) is 5.69 Å². The summed E-state index contributed by atoms with van der Waals surface area (Å²) in [5.74, 6) is 0.0829. The van der Waals surface area contributed by atoms with E-state index in [4.69, 9.17) is 0 Å². The highest BCUT2D eigenvalue weighted by molar-refractivity contribution is 8.00. The van der Waals surface area contributed by atoms with Gasteiger partial charge in [-0.1, -0.05) is 11.8 Å². The summed E-state index contributed by atoms with van der Waals surface area (Å²) in [4.78, 5) is 34.2. The zero-order chi connectivity index (χ0) is 16.4. The predicted octanol–water partition coefficient (Wildman–Crippen LogP) is 2.75. The molecule has 1 atom stereocenters. The molecule has 3 rings (SSSR count). The zero-order valence-electron chi connectivity index (χ0n) is 13.0. The van der Waals surface area contributed by atoms with Gasteiger partial charge in [-0.2, -0.15) is 0 Å². The van der Waals surface area contributed by atoms with Crippen LogP contribution in [0.1, 0.15) is 29.8 Å². The van der Waals surface area contributed by atoms with Gasteiger partial charge in [0.2, 0.25) is 5.91 Å². The number of amides is 1. The number of carbonyl (C=O) groups excluding carboxylic acids is 2. The Morgan fingerprint density at radius 3 is 2.70 bits per heavy atom. The molecule has 2 aromatic rings. The number of aromatic nitrogens is 2. The van der Waals surface area contributed by atoms with Gasteiger partial charge in [0, 0.05) is 37.1 Å². The average molecular weight is 327 g/mol. The first-order chi connectivity index (χ1) is 11.1. The molecule has 118 valence electrons. The Bertz CT molecular complexity index is 749. The molecule has 1 aliphatic heterocycles. The summed E-state index contributed by atoms with van der Waals surface area (Å²) in [5, 5.41) is 0.332. The highest BCUT2D eigenvalue weighted by atomic mass is 32.2. The number of nitrogens with zero attached hydrogens (tertiary/aromatic N) is 3. The topological polar surface area (TPSA) is 63.2 Å². The van der Waals surface area contributed by atoms with Crippen LogP contribution in [0.15, 0.2) is 41.8 Å². The van der Waals surface area contributed by atoms with Crippen molar-refractivity contribution in [1.29, 1.82) is 0 Å². The summed E-state index contributed by atoms with van der Waals surface area (Å²) in [7, 11) is 0. The highest BCUT2D eigenvalue weighted by Crippen LogP contribution is 2.30. The number of thioether (sulfide) groups is 1. The van der Waals surface area contributed by atoms with E-state index in [1.807, 2.05) is 19.1 Å². The smallest absolute Gasteiger partial charge is 0.223 e. The predicted molar refractivity (Wildman–Crippen MR) is 89.9 cm³/mol. The second-order valence-electron chi connectivity index (χ2n) is 5.42. The fourth-order valence-electron chi connectivity index (χ4n) is 2.67. The van der Waals surface area contributed by atoms with Gasteiger partial charge in [-0.05, 0) is 43.2 Å². The van der Waals surface area contributed by atoms with E-state index in [0.717, 1.165) is 17.7 Å². The average Bonchev–Trinajstić information content (AvgIpc) is 2.98. The lowest BCUT2D eigenvalue weighted by molar-refractivity contribution is -0.116. The zero-order valence-corrected chi connectivity index (χ0v) is 13.8. The van der Waals surface area contributed by atoms with Crippen molar-refractivity contribution in [1.82, 2.24) is 9.97 Å². The molecule has 1 aromatic carbocycles. The number of Topliss-reactive ketones (excluding diaryl/α,β-unsaturated/α-hetero) is 1. The first-order valence-corrected chi connectivity index (χ1v) is 8.33. The van der Waals surface area contributed by atoms with Gasteiger partial charge >= 0.3 is 0 Å². The van der Waals surface area contributed by atoms with Crippen molar-refractivity contribution in [3.8, 4) is 0 Å². The van der Waals surface area contributed by atoms with E-state index in [1.54, 1.807) is 36.4 Å². The Morgan fingerprint density at radius 2 is 2.00 bits per heavy atom. The lowest BCUT2D eigenvalue weighted by atomic mass is 10.0. The number of fused-ring (bicyclic) bond motifs is 1. The van der Waals surface area contributed by atoms with E-state index in [9.17, 15) is 9.59 Å². The van der Waals surface area contributed by atoms with Crippen LogP contribution in [0, 0.1) is 0 Å². The Kier molecular flexibility index (Phi) is 4.43. The molecular formula is C17H17N3O2S. The van der Waals surface area contributed by atoms with Gasteiger partial charge in [-0.3, -0.25) is 9.59 Å². The van der Waals surface area contributed by atoms with Crippen molar-refractivity contribution in [3.63, 3.8) is 0 Å². The van der Waals surface area contributed by atoms with Crippen LogP contribution in [-0.4, -0.2) is 33.5 Å². The summed E-state index contributed by atoms with van der Waals surface area (Å²) in [6.07, 6.45) is 4.12. The molecule has 1 amide bonds. The largest absolute Gasteiger partial charge is 0.312 e. The van der Waals surface area contributed by atoms with Crippen LogP contribution in [0.5, 0.6) is 0 Å². The second-order valence-corrected chi connectivity index (χ2v) is 6.73. The molecule has 0 spiro atoms. The SMILES string of the molecule is CC(=O)N1CCc2cc(C(=O)[C@H](C)Sc3ncccn3)ccc21. The first kappa shape index (κ1) is 15.7. The summed E-state index contributed by atoms with van der Waals surface area (Å²) in [5.41, 5.74) is 2.64. The highest BCUT2D eigenvalue weighted by Gasteiger charge is 2.24. The molecular weight excluding hydrogens is 310 g/mol. The van der Waals surface area contributed by atoms with Gasteiger partial charge < -0.3 is 4.90 Å². The van der Waals surface area contributed by atoms with Crippen molar-refractivity contribution in [2.75, 3.05) is 11.4 Å². The molecule has 1 aliphatic rings. The summed E-state index contributed by atoms with van der Waals surface area (Å²) in [6, 6.07) is 7.32. The maximum atomic E-state index is 12.6. The lowest BCUT2D eigenvalue weighted by Crippen LogP contribution is -2.25. The third kappa shape index (κ3) is 3.27. The van der Waals surface area contributed by atoms with Crippen molar-refractivity contribution in [2.45, 2.75) is 30.7 Å². The van der Waals surface area contributed by atoms with E-state index in [1.165, 1.54) is 11.8 Å². The first-order valence-electron chi connectivity index (χ1n) is 7.45. The Hall–Kier alpha value is -2.21. The standard InChI is InChI=1S/C17H17N3O2S/c1-11(23-17-18-7-3-8-19-17)16(22)14-4-5-15-13(10-14)6-9-20(15)12(2)21/h3-5,7-8,10-11H,6,9H2,1-2H3/t11-/m0/s1. The van der Waals surface area contributed by atoms with E-state index in [-0.39, 0.29) is 16.9 Å². The molecule has 0 saturated heterocycles. The molecule has 0 fully saturated rings. The molecule has 5 nitrogen and oxygen atoms in total. The van der Waals surface area contributed by atoms with Gasteiger partial charge in [0.15, 0.2) is 10.9 Å². The van der Waals surface area contributed by atoms with Gasteiger partial charge in [-0.15, -0.1) is 0 Å². The molecule has 0 N–H and O–H groups in total. The van der Waals surface area contributed by atoms with Crippen LogP contribution in [0.2, 0.25) is 0 Å². The van der Waals surface area contributed by atoms with Gasteiger partial charge in [0.25, 0.3) is 0 Å². The van der Waals surface area contributed by atoms with E-state index in [0.29, 0.717) is 17.3 Å². The van der Waals surface area contributed by atoms with E-state index in [2.05, 4.69) is 9.97 Å². The number of hydrogen-bond acceptors (Lipinski definition) is 5. The minimum Gasteiger partial charge on any atom is -0.312 e. The fourth-order valence-corrected chi connectivity index (χ4v) is 3.48. The number of rotatable bonds is 4. The Labute approximate surface area is 139 Å². The summed E-state index contributed by atoms with van der Waals surface area (Å²) in [6.45, 7) is 4.11. The maximum absolute atomic E-state index is 12.6. The summed E-state index contributed by atoms with van der Waals surface area (Å²) >= 11 is 1.35. The van der Waals surface area contributed by atoms with Crippen LogP contribution in [0.25, 0.3) is 0 Å². The van der Waals surface area contributed by atoms with Crippen LogP contribution >= 0.6 is 11.8 Å². The molecule has 23 heavy (non-hydrogen) atoms. The van der Waals surface area contributed by atoms with Gasteiger partial charge in [-0.25, -0.2) is 9.97 Å². The van der Waals surface area contributed by atoms with Crippen LogP contribution in [-0.2, 0) is 11.2 Å². The van der Waals surface area contributed by atoms with E-state index >= 15 is 0 Å². The molecule has 6 heteroatoms. The van der Waals surface area contributed by atoms with Gasteiger partial charge in [0.1, 0.15) is 0 Å². The third-order valence-corrected chi connectivity index (χ3v) is 4.82. The second kappa shape index (κ2) is 6.50. The monoisotopic (exact) mass is 327 g/mol. The number of ketones is 1. The normalized spacial score (nSPS) is 14.4. The summed E-state index contributed by atoms with van der Waals surface area (Å²) < 4.78 is 0. The van der Waals surface area contributed by atoms with Crippen molar-refractivity contribution >= 4 is 29.1 Å².